The number of aromatic nitrogens is 4. The van der Waals surface area contributed by atoms with Crippen molar-refractivity contribution in [1.29, 1.82) is 0 Å². The Kier molecular flexibility index (Phi) is 5.48. The van der Waals surface area contributed by atoms with Gasteiger partial charge in [0.2, 0.25) is 5.78 Å². The Bertz CT molecular complexity index is 2310. The molecule has 0 radical (unpaired) electrons. The predicted molar refractivity (Wildman–Crippen MR) is 160 cm³/mol. The molecule has 2 N–H and O–H groups in total. The number of hydrogen-bond acceptors (Lipinski definition) is 3. The number of benzene rings is 5. The van der Waals surface area contributed by atoms with E-state index in [1.165, 1.54) is 22.9 Å². The molecule has 7 nitrogen and oxygen atoms in total. The fraction of sp³-hybridized carbons (Fsp3) is 0.0312. The fourth-order valence-electron chi connectivity index (χ4n) is 5.30. The first-order chi connectivity index (χ1) is 19.4. The third-order valence-electron chi connectivity index (χ3n) is 7.17. The average molecular weight is 545 g/mol. The largest absolute Gasteiger partial charge is 0.354 e. The number of nitrogens with zero attached hydrogens (tertiary/aromatic N) is 3. The van der Waals surface area contributed by atoms with E-state index in [9.17, 15) is 8.42 Å². The molecule has 5 aromatic carbocycles. The summed E-state index contributed by atoms with van der Waals surface area (Å²) in [7, 11) is -4.02. The molecule has 8 aromatic rings. The van der Waals surface area contributed by atoms with Crippen molar-refractivity contribution >= 4 is 59.8 Å². The first kappa shape index (κ1) is 24.1. The van der Waals surface area contributed by atoms with E-state index >= 15 is 0 Å². The lowest BCUT2D eigenvalue weighted by atomic mass is 10.1. The third-order valence-corrected chi connectivity index (χ3v) is 8.04. The summed E-state index contributed by atoms with van der Waals surface area (Å²) in [6, 6.07) is 37.9. The van der Waals surface area contributed by atoms with E-state index in [0.29, 0.717) is 0 Å². The molecular formula is C32H24N4O3S. The first-order valence-electron chi connectivity index (χ1n) is 12.8. The van der Waals surface area contributed by atoms with E-state index in [4.69, 9.17) is 9.54 Å². The Morgan fingerprint density at radius 2 is 1.35 bits per heavy atom. The highest BCUT2D eigenvalue weighted by atomic mass is 32.2. The molecule has 3 heterocycles. The molecule has 0 aliphatic rings. The molecular weight excluding hydrogens is 520 g/mol. The second-order valence-electron chi connectivity index (χ2n) is 9.75. The van der Waals surface area contributed by atoms with Crippen LogP contribution in [-0.4, -0.2) is 31.9 Å². The van der Waals surface area contributed by atoms with Crippen LogP contribution in [0.5, 0.6) is 0 Å². The average Bonchev–Trinajstić information content (AvgIpc) is 3.61. The van der Waals surface area contributed by atoms with Gasteiger partial charge in [0.1, 0.15) is 0 Å². The van der Waals surface area contributed by atoms with Crippen molar-refractivity contribution in [3.05, 3.63) is 121 Å². The van der Waals surface area contributed by atoms with Gasteiger partial charge in [-0.05, 0) is 61.5 Å². The van der Waals surface area contributed by atoms with Gasteiger partial charge < -0.3 is 4.98 Å². The van der Waals surface area contributed by atoms with Crippen molar-refractivity contribution in [2.75, 3.05) is 0 Å². The molecule has 8 rings (SSSR count). The summed E-state index contributed by atoms with van der Waals surface area (Å²) < 4.78 is 34.1. The van der Waals surface area contributed by atoms with Gasteiger partial charge in [-0.3, -0.25) is 13.5 Å². The maximum Gasteiger partial charge on any atom is 0.294 e. The van der Waals surface area contributed by atoms with Crippen LogP contribution in [0.25, 0.3) is 55.3 Å². The molecule has 0 saturated heterocycles. The van der Waals surface area contributed by atoms with Crippen molar-refractivity contribution in [2.45, 2.75) is 11.8 Å². The number of para-hydroxylation sites is 5. The summed E-state index contributed by atoms with van der Waals surface area (Å²) in [5.74, 6) is 0.933. The molecule has 0 spiro atoms. The van der Waals surface area contributed by atoms with E-state index < -0.39 is 10.1 Å². The van der Waals surface area contributed by atoms with Crippen LogP contribution in [0.15, 0.2) is 120 Å². The van der Waals surface area contributed by atoms with Gasteiger partial charge in [0.25, 0.3) is 10.1 Å². The van der Waals surface area contributed by atoms with Gasteiger partial charge in [0, 0.05) is 21.8 Å². The minimum atomic E-state index is -4.02. The van der Waals surface area contributed by atoms with Crippen molar-refractivity contribution in [1.82, 2.24) is 18.9 Å². The summed E-state index contributed by atoms with van der Waals surface area (Å²) >= 11 is 0. The van der Waals surface area contributed by atoms with Crippen LogP contribution in [0.4, 0.5) is 0 Å². The zero-order valence-electron chi connectivity index (χ0n) is 21.5. The topological polar surface area (TPSA) is 92.4 Å². The van der Waals surface area contributed by atoms with Crippen molar-refractivity contribution < 1.29 is 13.0 Å². The van der Waals surface area contributed by atoms with Crippen LogP contribution in [-0.2, 0) is 10.1 Å². The molecule has 0 bridgehead atoms. The van der Waals surface area contributed by atoms with E-state index in [2.05, 4.69) is 98.9 Å². The van der Waals surface area contributed by atoms with Crippen LogP contribution < -0.4 is 0 Å². The number of hydrogen-bond donors (Lipinski definition) is 2. The minimum absolute atomic E-state index is 0.0666. The first-order valence-corrected chi connectivity index (χ1v) is 14.2. The standard InChI is InChI=1S/C25H16N4.C7H8O3S/c1-2-8-19-17(7-1)18-14-13-16(15-21(18)26-19)28-23-11-5-6-12-24(23)29-22-10-4-3-9-20(22)27-25(28)29;1-6-2-4-7(5-3-6)11(8,9)10/h1-15,26H;2-5H,1H3,(H,8,9,10). The molecule has 40 heavy (non-hydrogen) atoms. The second-order valence-corrected chi connectivity index (χ2v) is 11.2. The summed E-state index contributed by atoms with van der Waals surface area (Å²) in [5.41, 5.74) is 8.80. The smallest absolute Gasteiger partial charge is 0.294 e. The lowest BCUT2D eigenvalue weighted by Crippen LogP contribution is -1.96. The predicted octanol–water partition coefficient (Wildman–Crippen LogP) is 7.31. The molecule has 0 aliphatic heterocycles. The van der Waals surface area contributed by atoms with Gasteiger partial charge >= 0.3 is 0 Å². The Morgan fingerprint density at radius 1 is 0.700 bits per heavy atom. The van der Waals surface area contributed by atoms with Crippen LogP contribution in [0.1, 0.15) is 5.56 Å². The fourth-order valence-corrected chi connectivity index (χ4v) is 5.78. The molecule has 0 atom stereocenters. The van der Waals surface area contributed by atoms with E-state index in [-0.39, 0.29) is 4.90 Å². The summed E-state index contributed by atoms with van der Waals surface area (Å²) in [6.45, 7) is 1.84. The highest BCUT2D eigenvalue weighted by Gasteiger charge is 2.17. The van der Waals surface area contributed by atoms with Gasteiger partial charge in [-0.15, -0.1) is 0 Å². The number of H-pyrrole nitrogens is 1. The van der Waals surface area contributed by atoms with Gasteiger partial charge in [-0.2, -0.15) is 8.42 Å². The molecule has 0 fully saturated rings. The number of rotatable bonds is 2. The summed E-state index contributed by atoms with van der Waals surface area (Å²) in [5, 5.41) is 2.49. The van der Waals surface area contributed by atoms with Crippen LogP contribution in [0.2, 0.25) is 0 Å². The van der Waals surface area contributed by atoms with Gasteiger partial charge in [0.05, 0.1) is 32.6 Å². The number of nitrogens with one attached hydrogen (secondary N) is 1. The number of aryl methyl sites for hydroxylation is 1. The maximum atomic E-state index is 10.5. The Labute approximate surface area is 229 Å². The Morgan fingerprint density at radius 3 is 2.12 bits per heavy atom. The number of imidazole rings is 2. The van der Waals surface area contributed by atoms with Crippen molar-refractivity contribution in [2.24, 2.45) is 0 Å². The SMILES string of the molecule is Cc1ccc(S(=O)(=O)O)cc1.c1ccc2c(c1)nc1n(-c3ccc4c(c3)[nH]c3ccccc34)c3ccccc3n21. The monoisotopic (exact) mass is 544 g/mol. The van der Waals surface area contributed by atoms with E-state index in [1.807, 2.05) is 13.0 Å². The van der Waals surface area contributed by atoms with E-state index in [0.717, 1.165) is 50.1 Å². The van der Waals surface area contributed by atoms with Gasteiger partial charge in [0.15, 0.2) is 0 Å². The van der Waals surface area contributed by atoms with Crippen LogP contribution in [0.3, 0.4) is 0 Å². The lowest BCUT2D eigenvalue weighted by molar-refractivity contribution is 0.483. The summed E-state index contributed by atoms with van der Waals surface area (Å²) in [6.07, 6.45) is 0. The molecule has 0 saturated carbocycles. The second kappa shape index (κ2) is 9.08. The molecule has 196 valence electrons. The maximum absolute atomic E-state index is 10.5. The van der Waals surface area contributed by atoms with E-state index in [1.54, 1.807) is 12.1 Å². The third kappa shape index (κ3) is 3.93. The lowest BCUT2D eigenvalue weighted by Gasteiger charge is -2.05. The molecule has 0 aliphatic carbocycles. The van der Waals surface area contributed by atoms with Crippen LogP contribution >= 0.6 is 0 Å². The zero-order chi connectivity index (χ0) is 27.4. The molecule has 0 unspecified atom stereocenters. The number of aromatic amines is 1. The zero-order valence-corrected chi connectivity index (χ0v) is 22.3. The molecule has 8 heteroatoms. The quantitative estimate of drug-likeness (QED) is 0.223. The molecule has 0 amide bonds. The molecule has 3 aromatic heterocycles. The highest BCUT2D eigenvalue weighted by Crippen LogP contribution is 2.32. The summed E-state index contributed by atoms with van der Waals surface area (Å²) in [4.78, 5) is 8.46. The van der Waals surface area contributed by atoms with Gasteiger partial charge in [-0.25, -0.2) is 4.98 Å². The van der Waals surface area contributed by atoms with Crippen molar-refractivity contribution in [3.8, 4) is 5.69 Å². The highest BCUT2D eigenvalue weighted by molar-refractivity contribution is 7.85. The Hall–Kier alpha value is -4.92. The number of fused-ring (bicyclic) bond motifs is 8. The van der Waals surface area contributed by atoms with Crippen LogP contribution in [0, 0.1) is 6.92 Å². The van der Waals surface area contributed by atoms with Crippen molar-refractivity contribution in [3.63, 3.8) is 0 Å². The minimum Gasteiger partial charge on any atom is -0.354 e. The Balaban J connectivity index is 0.000000205. The normalized spacial score (nSPS) is 11.9. The van der Waals surface area contributed by atoms with Gasteiger partial charge in [-0.1, -0.05) is 66.2 Å².